The fourth-order valence-corrected chi connectivity index (χ4v) is 2.66. The molecule has 0 spiro atoms. The van der Waals surface area contributed by atoms with E-state index in [1.807, 2.05) is 6.07 Å². The SMILES string of the molecule is CCC(NCc1cc(Br)c(Br)o1)c1ccc(C)cc1. The Hall–Kier alpha value is -0.580. The molecule has 1 heterocycles. The van der Waals surface area contributed by atoms with Crippen molar-refractivity contribution >= 4 is 31.9 Å². The van der Waals surface area contributed by atoms with Crippen LogP contribution in [0.2, 0.25) is 0 Å². The first-order valence-electron chi connectivity index (χ1n) is 6.33. The van der Waals surface area contributed by atoms with Crippen molar-refractivity contribution in [2.45, 2.75) is 32.9 Å². The molecule has 0 aliphatic carbocycles. The van der Waals surface area contributed by atoms with E-state index < -0.39 is 0 Å². The van der Waals surface area contributed by atoms with Crippen molar-refractivity contribution in [2.75, 3.05) is 0 Å². The van der Waals surface area contributed by atoms with Crippen LogP contribution in [0.3, 0.4) is 0 Å². The Bertz CT molecular complexity index is 514. The fourth-order valence-electron chi connectivity index (χ4n) is 2.00. The Labute approximate surface area is 130 Å². The van der Waals surface area contributed by atoms with E-state index in [4.69, 9.17) is 4.42 Å². The van der Waals surface area contributed by atoms with Gasteiger partial charge in [0.25, 0.3) is 0 Å². The minimum Gasteiger partial charge on any atom is -0.452 e. The van der Waals surface area contributed by atoms with Crippen LogP contribution >= 0.6 is 31.9 Å². The number of nitrogens with one attached hydrogen (secondary N) is 1. The van der Waals surface area contributed by atoms with Crippen LogP contribution in [-0.2, 0) is 6.54 Å². The molecule has 2 aromatic rings. The summed E-state index contributed by atoms with van der Waals surface area (Å²) >= 11 is 6.78. The van der Waals surface area contributed by atoms with Crippen molar-refractivity contribution in [3.63, 3.8) is 0 Å². The van der Waals surface area contributed by atoms with E-state index in [9.17, 15) is 0 Å². The van der Waals surface area contributed by atoms with E-state index in [0.29, 0.717) is 6.04 Å². The van der Waals surface area contributed by atoms with Crippen LogP contribution in [-0.4, -0.2) is 0 Å². The van der Waals surface area contributed by atoms with Crippen LogP contribution in [0.1, 0.15) is 36.3 Å². The summed E-state index contributed by atoms with van der Waals surface area (Å²) in [6.07, 6.45) is 1.05. The summed E-state index contributed by atoms with van der Waals surface area (Å²) in [7, 11) is 0. The fraction of sp³-hybridized carbons (Fsp3) is 0.333. The Morgan fingerprint density at radius 2 is 1.89 bits per heavy atom. The van der Waals surface area contributed by atoms with Gasteiger partial charge in [0.05, 0.1) is 11.0 Å². The predicted octanol–water partition coefficient (Wildman–Crippen LogP) is 5.35. The van der Waals surface area contributed by atoms with E-state index in [1.54, 1.807) is 0 Å². The summed E-state index contributed by atoms with van der Waals surface area (Å²) in [5, 5.41) is 3.53. The van der Waals surface area contributed by atoms with Gasteiger partial charge in [-0.3, -0.25) is 0 Å². The molecule has 0 aliphatic rings. The molecule has 1 atom stereocenters. The summed E-state index contributed by atoms with van der Waals surface area (Å²) in [5.74, 6) is 0.921. The molecule has 1 aromatic carbocycles. The highest BCUT2D eigenvalue weighted by molar-refractivity contribution is 9.13. The van der Waals surface area contributed by atoms with Crippen LogP contribution < -0.4 is 5.32 Å². The third kappa shape index (κ3) is 3.94. The van der Waals surface area contributed by atoms with Crippen molar-refractivity contribution in [2.24, 2.45) is 0 Å². The molecule has 1 N–H and O–H groups in total. The van der Waals surface area contributed by atoms with Gasteiger partial charge in [0.1, 0.15) is 5.76 Å². The topological polar surface area (TPSA) is 25.2 Å². The lowest BCUT2D eigenvalue weighted by molar-refractivity contribution is 0.432. The summed E-state index contributed by atoms with van der Waals surface area (Å²) < 4.78 is 7.27. The van der Waals surface area contributed by atoms with Crippen molar-refractivity contribution in [3.05, 3.63) is 56.4 Å². The number of hydrogen-bond acceptors (Lipinski definition) is 2. The Kier molecular flexibility index (Phi) is 5.25. The van der Waals surface area contributed by atoms with Gasteiger partial charge in [-0.1, -0.05) is 36.8 Å². The molecule has 0 saturated heterocycles. The van der Waals surface area contributed by atoms with Crippen LogP contribution in [0.4, 0.5) is 0 Å². The Morgan fingerprint density at radius 3 is 2.42 bits per heavy atom. The van der Waals surface area contributed by atoms with E-state index in [0.717, 1.165) is 27.9 Å². The molecule has 0 saturated carbocycles. The third-order valence-corrected chi connectivity index (χ3v) is 4.82. The lowest BCUT2D eigenvalue weighted by atomic mass is 10.0. The molecule has 0 aliphatic heterocycles. The number of hydrogen-bond donors (Lipinski definition) is 1. The van der Waals surface area contributed by atoms with Gasteiger partial charge in [-0.05, 0) is 56.8 Å². The molecule has 0 bridgehead atoms. The zero-order valence-corrected chi connectivity index (χ0v) is 14.2. The maximum absolute atomic E-state index is 5.57. The number of aryl methyl sites for hydroxylation is 1. The molecular formula is C15H17Br2NO. The van der Waals surface area contributed by atoms with Crippen LogP contribution in [0, 0.1) is 6.92 Å². The van der Waals surface area contributed by atoms with Gasteiger partial charge in [-0.15, -0.1) is 0 Å². The van der Waals surface area contributed by atoms with Crippen LogP contribution in [0.25, 0.3) is 0 Å². The molecule has 0 amide bonds. The van der Waals surface area contributed by atoms with Gasteiger partial charge in [-0.25, -0.2) is 0 Å². The molecule has 1 aromatic heterocycles. The van der Waals surface area contributed by atoms with Gasteiger partial charge in [0.2, 0.25) is 0 Å². The third-order valence-electron chi connectivity index (χ3n) is 3.11. The highest BCUT2D eigenvalue weighted by Crippen LogP contribution is 2.27. The van der Waals surface area contributed by atoms with Gasteiger partial charge in [-0.2, -0.15) is 0 Å². The van der Waals surface area contributed by atoms with Crippen molar-refractivity contribution < 1.29 is 4.42 Å². The number of rotatable bonds is 5. The molecular weight excluding hydrogens is 370 g/mol. The number of halogens is 2. The lowest BCUT2D eigenvalue weighted by Gasteiger charge is -2.16. The summed E-state index contributed by atoms with van der Waals surface area (Å²) in [6, 6.07) is 11.0. The minimum atomic E-state index is 0.350. The normalized spacial score (nSPS) is 12.6. The minimum absolute atomic E-state index is 0.350. The number of benzene rings is 1. The predicted molar refractivity (Wildman–Crippen MR) is 85.2 cm³/mol. The molecule has 0 fully saturated rings. The quantitative estimate of drug-likeness (QED) is 0.748. The van der Waals surface area contributed by atoms with Crippen molar-refractivity contribution in [1.29, 1.82) is 0 Å². The molecule has 2 nitrogen and oxygen atoms in total. The molecule has 0 radical (unpaired) electrons. The average molecular weight is 387 g/mol. The average Bonchev–Trinajstić information content (AvgIpc) is 2.71. The maximum atomic E-state index is 5.57. The zero-order chi connectivity index (χ0) is 13.8. The summed E-state index contributed by atoms with van der Waals surface area (Å²) in [5.41, 5.74) is 2.61. The lowest BCUT2D eigenvalue weighted by Crippen LogP contribution is -2.19. The maximum Gasteiger partial charge on any atom is 0.183 e. The Morgan fingerprint density at radius 1 is 1.21 bits per heavy atom. The standard InChI is InChI=1S/C15H17Br2NO/c1-3-14(11-6-4-10(2)5-7-11)18-9-12-8-13(16)15(17)19-12/h4-8,14,18H,3,9H2,1-2H3. The van der Waals surface area contributed by atoms with Crippen molar-refractivity contribution in [1.82, 2.24) is 5.32 Å². The largest absolute Gasteiger partial charge is 0.452 e. The van der Waals surface area contributed by atoms with E-state index in [1.165, 1.54) is 11.1 Å². The first-order valence-corrected chi connectivity index (χ1v) is 7.92. The van der Waals surface area contributed by atoms with Crippen LogP contribution in [0.5, 0.6) is 0 Å². The van der Waals surface area contributed by atoms with Crippen LogP contribution in [0.15, 0.2) is 43.9 Å². The van der Waals surface area contributed by atoms with E-state index in [-0.39, 0.29) is 0 Å². The zero-order valence-electron chi connectivity index (χ0n) is 11.0. The highest BCUT2D eigenvalue weighted by atomic mass is 79.9. The van der Waals surface area contributed by atoms with E-state index >= 15 is 0 Å². The highest BCUT2D eigenvalue weighted by Gasteiger charge is 2.11. The summed E-state index contributed by atoms with van der Waals surface area (Å²) in [6.45, 7) is 5.01. The van der Waals surface area contributed by atoms with Gasteiger partial charge < -0.3 is 9.73 Å². The van der Waals surface area contributed by atoms with E-state index in [2.05, 4.69) is 75.3 Å². The molecule has 19 heavy (non-hydrogen) atoms. The first kappa shape index (κ1) is 14.8. The van der Waals surface area contributed by atoms with Gasteiger partial charge >= 0.3 is 0 Å². The summed E-state index contributed by atoms with van der Waals surface area (Å²) in [4.78, 5) is 0. The molecule has 1 unspecified atom stereocenters. The molecule has 102 valence electrons. The second-order valence-corrected chi connectivity index (χ2v) is 6.16. The van der Waals surface area contributed by atoms with Gasteiger partial charge in [0.15, 0.2) is 4.67 Å². The smallest absolute Gasteiger partial charge is 0.183 e. The monoisotopic (exact) mass is 385 g/mol. The second kappa shape index (κ2) is 6.73. The van der Waals surface area contributed by atoms with Gasteiger partial charge in [0, 0.05) is 6.04 Å². The first-order chi connectivity index (χ1) is 9.10. The van der Waals surface area contributed by atoms with Crippen molar-refractivity contribution in [3.8, 4) is 0 Å². The number of furan rings is 1. The Balaban J connectivity index is 2.01. The second-order valence-electron chi connectivity index (χ2n) is 4.59. The molecule has 2 rings (SSSR count). The molecule has 4 heteroatoms.